The Kier molecular flexibility index (Phi) is 8.49. The van der Waals surface area contributed by atoms with Gasteiger partial charge in [-0.2, -0.15) is 4.72 Å². The zero-order valence-corrected chi connectivity index (χ0v) is 20.1. The summed E-state index contributed by atoms with van der Waals surface area (Å²) >= 11 is 6.18. The van der Waals surface area contributed by atoms with E-state index in [0.29, 0.717) is 18.9 Å². The molecule has 0 saturated carbocycles. The van der Waals surface area contributed by atoms with Gasteiger partial charge >= 0.3 is 0 Å². The molecule has 0 aliphatic rings. The van der Waals surface area contributed by atoms with E-state index in [1.54, 1.807) is 0 Å². The fraction of sp³-hybridized carbons (Fsp3) is 0.240. The third-order valence-electron chi connectivity index (χ3n) is 5.00. The van der Waals surface area contributed by atoms with Crippen molar-refractivity contribution in [2.75, 3.05) is 6.61 Å². The number of amides is 1. The van der Waals surface area contributed by atoms with Crippen molar-refractivity contribution in [2.24, 2.45) is 0 Å². The molecule has 0 fully saturated rings. The summed E-state index contributed by atoms with van der Waals surface area (Å²) in [7, 11) is -4.02. The van der Waals surface area contributed by atoms with E-state index in [1.165, 1.54) is 18.2 Å². The van der Waals surface area contributed by atoms with E-state index in [4.69, 9.17) is 16.3 Å². The zero-order valence-electron chi connectivity index (χ0n) is 18.5. The maximum atomic E-state index is 13.1. The fourth-order valence-electron chi connectivity index (χ4n) is 3.23. The summed E-state index contributed by atoms with van der Waals surface area (Å²) in [5.41, 5.74) is 2.88. The molecule has 8 heteroatoms. The number of hydrogen-bond donors (Lipinski definition) is 2. The molecule has 1 atom stereocenters. The van der Waals surface area contributed by atoms with Crippen LogP contribution in [0.15, 0.2) is 77.7 Å². The lowest BCUT2D eigenvalue weighted by Gasteiger charge is -2.19. The van der Waals surface area contributed by atoms with Gasteiger partial charge < -0.3 is 10.1 Å². The van der Waals surface area contributed by atoms with Crippen LogP contribution in [0, 0.1) is 6.92 Å². The number of rotatable bonds is 10. The third kappa shape index (κ3) is 7.05. The standard InChI is InChI=1S/C25H27ClN2O4S/c1-3-32-24-14-13-21(16-22(24)26)33(30,31)28-23(15-19-7-5-4-6-8-19)25(29)27-17-20-11-9-18(2)10-12-20/h4-14,16,23,28H,3,15,17H2,1-2H3,(H,27,29). The Bertz CT molecular complexity index is 1180. The predicted octanol–water partition coefficient (Wildman–Crippen LogP) is 4.25. The summed E-state index contributed by atoms with van der Waals surface area (Å²) in [6.07, 6.45) is 0.199. The van der Waals surface area contributed by atoms with Gasteiger partial charge in [0.15, 0.2) is 0 Å². The van der Waals surface area contributed by atoms with Gasteiger partial charge in [-0.3, -0.25) is 4.79 Å². The van der Waals surface area contributed by atoms with E-state index < -0.39 is 22.0 Å². The van der Waals surface area contributed by atoms with Gasteiger partial charge in [0.2, 0.25) is 15.9 Å². The van der Waals surface area contributed by atoms with Crippen molar-refractivity contribution in [1.82, 2.24) is 10.0 Å². The molecule has 6 nitrogen and oxygen atoms in total. The summed E-state index contributed by atoms with van der Waals surface area (Å²) in [5, 5.41) is 3.02. The van der Waals surface area contributed by atoms with Gasteiger partial charge in [-0.25, -0.2) is 8.42 Å². The monoisotopic (exact) mass is 486 g/mol. The van der Waals surface area contributed by atoms with Gasteiger partial charge in [-0.05, 0) is 49.6 Å². The van der Waals surface area contributed by atoms with E-state index >= 15 is 0 Å². The largest absolute Gasteiger partial charge is 0.492 e. The Hall–Kier alpha value is -2.87. The second kappa shape index (κ2) is 11.3. The average molecular weight is 487 g/mol. The van der Waals surface area contributed by atoms with E-state index in [1.807, 2.05) is 68.4 Å². The number of nitrogens with one attached hydrogen (secondary N) is 2. The molecule has 1 unspecified atom stereocenters. The normalized spacial score (nSPS) is 12.2. The molecule has 0 heterocycles. The highest BCUT2D eigenvalue weighted by molar-refractivity contribution is 7.89. The Morgan fingerprint density at radius 3 is 2.33 bits per heavy atom. The molecule has 0 aliphatic heterocycles. The number of hydrogen-bond acceptors (Lipinski definition) is 4. The highest BCUT2D eigenvalue weighted by atomic mass is 35.5. The van der Waals surface area contributed by atoms with Crippen molar-refractivity contribution in [3.05, 3.63) is 94.5 Å². The number of carbonyl (C=O) groups excluding carboxylic acids is 1. The predicted molar refractivity (Wildman–Crippen MR) is 130 cm³/mol. The Balaban J connectivity index is 1.80. The second-order valence-electron chi connectivity index (χ2n) is 7.59. The van der Waals surface area contributed by atoms with Crippen molar-refractivity contribution in [3.63, 3.8) is 0 Å². The number of carbonyl (C=O) groups is 1. The summed E-state index contributed by atoms with van der Waals surface area (Å²) < 4.78 is 34.1. The minimum atomic E-state index is -4.02. The van der Waals surface area contributed by atoms with Crippen LogP contribution >= 0.6 is 11.6 Å². The molecular weight excluding hydrogens is 460 g/mol. The molecule has 0 aromatic heterocycles. The second-order valence-corrected chi connectivity index (χ2v) is 9.71. The smallest absolute Gasteiger partial charge is 0.241 e. The quantitative estimate of drug-likeness (QED) is 0.448. The maximum absolute atomic E-state index is 13.1. The minimum absolute atomic E-state index is 0.0413. The van der Waals surface area contributed by atoms with Crippen LogP contribution in [0.1, 0.15) is 23.6 Å². The van der Waals surface area contributed by atoms with Crippen LogP contribution in [0.3, 0.4) is 0 Å². The number of halogens is 1. The molecule has 33 heavy (non-hydrogen) atoms. The maximum Gasteiger partial charge on any atom is 0.241 e. The van der Waals surface area contributed by atoms with Crippen LogP contribution in [0.5, 0.6) is 5.75 Å². The third-order valence-corrected chi connectivity index (χ3v) is 6.76. The minimum Gasteiger partial charge on any atom is -0.492 e. The van der Waals surface area contributed by atoms with Crippen LogP contribution in [-0.4, -0.2) is 27.0 Å². The zero-order chi connectivity index (χ0) is 23.8. The summed E-state index contributed by atoms with van der Waals surface area (Å²) in [5.74, 6) is -0.0187. The molecule has 0 radical (unpaired) electrons. The first-order valence-electron chi connectivity index (χ1n) is 10.6. The molecule has 3 rings (SSSR count). The fourth-order valence-corrected chi connectivity index (χ4v) is 4.75. The molecule has 3 aromatic rings. The Labute approximate surface area is 200 Å². The van der Waals surface area contributed by atoms with Crippen LogP contribution in [0.2, 0.25) is 5.02 Å². The summed E-state index contributed by atoms with van der Waals surface area (Å²) in [4.78, 5) is 13.0. The average Bonchev–Trinajstić information content (AvgIpc) is 2.80. The molecular formula is C25H27ClN2O4S. The Morgan fingerprint density at radius 1 is 1.00 bits per heavy atom. The van der Waals surface area contributed by atoms with Crippen molar-refractivity contribution < 1.29 is 17.9 Å². The van der Waals surface area contributed by atoms with E-state index in [2.05, 4.69) is 10.0 Å². The highest BCUT2D eigenvalue weighted by Gasteiger charge is 2.26. The molecule has 0 saturated heterocycles. The van der Waals surface area contributed by atoms with Crippen molar-refractivity contribution in [2.45, 2.75) is 37.8 Å². The molecule has 1 amide bonds. The summed E-state index contributed by atoms with van der Waals surface area (Å²) in [6.45, 7) is 4.50. The number of sulfonamides is 1. The van der Waals surface area contributed by atoms with Gasteiger partial charge in [0.25, 0.3) is 0 Å². The molecule has 0 spiro atoms. The first kappa shape index (κ1) is 24.8. The molecule has 3 aromatic carbocycles. The van der Waals surface area contributed by atoms with E-state index in [-0.39, 0.29) is 16.3 Å². The van der Waals surface area contributed by atoms with Gasteiger partial charge in [-0.15, -0.1) is 0 Å². The van der Waals surface area contributed by atoms with Gasteiger partial charge in [0.1, 0.15) is 11.8 Å². The number of ether oxygens (including phenoxy) is 1. The van der Waals surface area contributed by atoms with Crippen LogP contribution in [0.25, 0.3) is 0 Å². The van der Waals surface area contributed by atoms with Crippen LogP contribution < -0.4 is 14.8 Å². The number of benzene rings is 3. The first-order valence-corrected chi connectivity index (χ1v) is 12.5. The molecule has 2 N–H and O–H groups in total. The van der Waals surface area contributed by atoms with Crippen LogP contribution in [-0.2, 0) is 27.8 Å². The molecule has 0 bridgehead atoms. The van der Waals surface area contributed by atoms with Crippen molar-refractivity contribution in [3.8, 4) is 5.75 Å². The van der Waals surface area contributed by atoms with E-state index in [9.17, 15) is 13.2 Å². The lowest BCUT2D eigenvalue weighted by molar-refractivity contribution is -0.122. The van der Waals surface area contributed by atoms with Gasteiger partial charge in [0.05, 0.1) is 16.5 Å². The summed E-state index contributed by atoms with van der Waals surface area (Å²) in [6, 6.07) is 20.2. The van der Waals surface area contributed by atoms with Crippen LogP contribution in [0.4, 0.5) is 0 Å². The molecule has 174 valence electrons. The van der Waals surface area contributed by atoms with Gasteiger partial charge in [-0.1, -0.05) is 71.8 Å². The highest BCUT2D eigenvalue weighted by Crippen LogP contribution is 2.27. The first-order chi connectivity index (χ1) is 15.8. The van der Waals surface area contributed by atoms with Gasteiger partial charge in [0, 0.05) is 6.54 Å². The van der Waals surface area contributed by atoms with Crippen molar-refractivity contribution >= 4 is 27.5 Å². The van der Waals surface area contributed by atoms with E-state index in [0.717, 1.165) is 16.7 Å². The SMILES string of the molecule is CCOc1ccc(S(=O)(=O)NC(Cc2ccccc2)C(=O)NCc2ccc(C)cc2)cc1Cl. The lowest BCUT2D eigenvalue weighted by Crippen LogP contribution is -2.47. The Morgan fingerprint density at radius 2 is 1.70 bits per heavy atom. The lowest BCUT2D eigenvalue weighted by atomic mass is 10.1. The topological polar surface area (TPSA) is 84.5 Å². The van der Waals surface area contributed by atoms with Crippen molar-refractivity contribution in [1.29, 1.82) is 0 Å². The number of aryl methyl sites for hydroxylation is 1. The molecule has 0 aliphatic carbocycles.